The number of hydrogen-bond acceptors (Lipinski definition) is 1. The minimum absolute atomic E-state index is 0.488. The molecule has 0 atom stereocenters. The van der Waals surface area contributed by atoms with E-state index in [4.69, 9.17) is 5.11 Å². The zero-order valence-corrected chi connectivity index (χ0v) is 5.00. The highest BCUT2D eigenvalue weighted by Crippen LogP contribution is 2.27. The van der Waals surface area contributed by atoms with Crippen LogP contribution in [0.15, 0.2) is 11.1 Å². The second-order valence-electron chi connectivity index (χ2n) is 1.23. The van der Waals surface area contributed by atoms with Gasteiger partial charge in [-0.3, -0.25) is 0 Å². The average Bonchev–Trinajstić information content (AvgIpc) is 1.64. The zero-order chi connectivity index (χ0) is 7.49. The van der Waals surface area contributed by atoms with Crippen LogP contribution in [0.25, 0.3) is 0 Å². The predicted octanol–water partition coefficient (Wildman–Crippen LogP) is 1.66. The Morgan fingerprint density at radius 3 is 2.11 bits per heavy atom. The van der Waals surface area contributed by atoms with E-state index in [0.717, 1.165) is 0 Å². The van der Waals surface area contributed by atoms with Crippen molar-refractivity contribution in [2.24, 2.45) is 0 Å². The number of hydrogen-bond donors (Lipinski definition) is 1. The fourth-order valence-corrected chi connectivity index (χ4v) is 0.265. The fraction of sp³-hybridized carbons (Fsp3) is 0.500. The van der Waals surface area contributed by atoms with Crippen LogP contribution >= 0.6 is 11.6 Å². The van der Waals surface area contributed by atoms with E-state index in [1.807, 2.05) is 0 Å². The van der Waals surface area contributed by atoms with Crippen LogP contribution in [0.1, 0.15) is 0 Å². The Bertz CT molecular complexity index is 117. The fourth-order valence-electron chi connectivity index (χ4n) is 0.196. The quantitative estimate of drug-likeness (QED) is 0.619. The first kappa shape index (κ1) is 8.78. The highest BCUT2D eigenvalue weighted by atomic mass is 35.5. The minimum atomic E-state index is -4.52. The predicted molar refractivity (Wildman–Crippen MR) is 27.1 cm³/mol. The summed E-state index contributed by atoms with van der Waals surface area (Å²) in [4.78, 5) is 0. The number of rotatable bonds is 1. The molecule has 0 heterocycles. The van der Waals surface area contributed by atoms with Crippen molar-refractivity contribution >= 4 is 11.6 Å². The van der Waals surface area contributed by atoms with Gasteiger partial charge in [-0.2, -0.15) is 13.2 Å². The monoisotopic (exact) mass is 160 g/mol. The third kappa shape index (κ3) is 3.37. The molecular formula is C4H4ClF3O. The molecule has 0 aromatic rings. The minimum Gasteiger partial charge on any atom is -0.392 e. The molecule has 1 N–H and O–H groups in total. The van der Waals surface area contributed by atoms with Crippen molar-refractivity contribution in [1.82, 2.24) is 0 Å². The van der Waals surface area contributed by atoms with E-state index in [2.05, 4.69) is 11.6 Å². The molecule has 0 aliphatic rings. The van der Waals surface area contributed by atoms with Crippen molar-refractivity contribution < 1.29 is 18.3 Å². The molecule has 0 aliphatic heterocycles. The van der Waals surface area contributed by atoms with Gasteiger partial charge in [-0.1, -0.05) is 11.6 Å². The van der Waals surface area contributed by atoms with Crippen molar-refractivity contribution in [3.63, 3.8) is 0 Å². The Kier molecular flexibility index (Phi) is 3.00. The van der Waals surface area contributed by atoms with Gasteiger partial charge in [0.1, 0.15) is 5.03 Å². The molecule has 0 aliphatic carbocycles. The second-order valence-corrected chi connectivity index (χ2v) is 1.64. The number of halogens is 4. The van der Waals surface area contributed by atoms with Gasteiger partial charge in [0.25, 0.3) is 0 Å². The van der Waals surface area contributed by atoms with E-state index in [1.165, 1.54) is 0 Å². The van der Waals surface area contributed by atoms with E-state index < -0.39 is 17.8 Å². The Morgan fingerprint density at radius 1 is 1.56 bits per heavy atom. The number of allylic oxidation sites excluding steroid dienone is 1. The van der Waals surface area contributed by atoms with Crippen LogP contribution in [0, 0.1) is 0 Å². The zero-order valence-electron chi connectivity index (χ0n) is 4.24. The van der Waals surface area contributed by atoms with Gasteiger partial charge in [-0.25, -0.2) is 0 Å². The Morgan fingerprint density at radius 2 is 2.00 bits per heavy atom. The second kappa shape index (κ2) is 3.08. The van der Waals surface area contributed by atoms with E-state index in [0.29, 0.717) is 6.08 Å². The van der Waals surface area contributed by atoms with Crippen molar-refractivity contribution in [3.8, 4) is 0 Å². The van der Waals surface area contributed by atoms with Crippen LogP contribution in [0.3, 0.4) is 0 Å². The smallest absolute Gasteiger partial charge is 0.392 e. The van der Waals surface area contributed by atoms with Gasteiger partial charge in [0.05, 0.1) is 6.61 Å². The largest absolute Gasteiger partial charge is 0.426 e. The average molecular weight is 161 g/mol. The summed E-state index contributed by atoms with van der Waals surface area (Å²) in [6.07, 6.45) is -4.04. The highest BCUT2D eigenvalue weighted by molar-refractivity contribution is 6.30. The molecule has 0 rings (SSSR count). The summed E-state index contributed by atoms with van der Waals surface area (Å²) >= 11 is 4.63. The molecule has 0 aromatic carbocycles. The van der Waals surface area contributed by atoms with Crippen LogP contribution in [0.4, 0.5) is 13.2 Å². The number of aliphatic hydroxyl groups excluding tert-OH is 1. The topological polar surface area (TPSA) is 20.2 Å². The molecule has 0 aromatic heterocycles. The van der Waals surface area contributed by atoms with Crippen LogP contribution in [0.5, 0.6) is 0 Å². The van der Waals surface area contributed by atoms with Crippen molar-refractivity contribution in [1.29, 1.82) is 0 Å². The molecule has 1 nitrogen and oxygen atoms in total. The third-order valence-electron chi connectivity index (χ3n) is 0.541. The van der Waals surface area contributed by atoms with Crippen LogP contribution in [-0.2, 0) is 0 Å². The first-order chi connectivity index (χ1) is 3.98. The van der Waals surface area contributed by atoms with Gasteiger partial charge in [-0.15, -0.1) is 0 Å². The third-order valence-corrected chi connectivity index (χ3v) is 0.910. The lowest BCUT2D eigenvalue weighted by molar-refractivity contribution is -0.0849. The molecule has 0 spiro atoms. The van der Waals surface area contributed by atoms with Crippen molar-refractivity contribution in [2.75, 3.05) is 6.61 Å². The molecule has 0 fully saturated rings. The first-order valence-corrected chi connectivity index (χ1v) is 2.40. The van der Waals surface area contributed by atoms with Crippen LogP contribution in [-0.4, -0.2) is 17.9 Å². The molecule has 0 saturated carbocycles. The standard InChI is InChI=1S/C4H4ClF3O/c5-3(1-2-9)4(6,7)8/h1,9H,2H2. The molecule has 0 bridgehead atoms. The van der Waals surface area contributed by atoms with E-state index in [1.54, 1.807) is 0 Å². The van der Waals surface area contributed by atoms with Crippen molar-refractivity contribution in [2.45, 2.75) is 6.18 Å². The molecule has 0 unspecified atom stereocenters. The number of aliphatic hydroxyl groups is 1. The highest BCUT2D eigenvalue weighted by Gasteiger charge is 2.31. The lowest BCUT2D eigenvalue weighted by atomic mass is 10.5. The lowest BCUT2D eigenvalue weighted by Gasteiger charge is -2.01. The summed E-state index contributed by atoms with van der Waals surface area (Å²) in [5.41, 5.74) is 0. The summed E-state index contributed by atoms with van der Waals surface area (Å²) in [5.74, 6) is 0. The Balaban J connectivity index is 4.03. The van der Waals surface area contributed by atoms with E-state index in [9.17, 15) is 13.2 Å². The summed E-state index contributed by atoms with van der Waals surface area (Å²) < 4.78 is 34.0. The van der Waals surface area contributed by atoms with Gasteiger partial charge < -0.3 is 5.11 Å². The molecule has 0 amide bonds. The van der Waals surface area contributed by atoms with Gasteiger partial charge in [-0.05, 0) is 6.08 Å². The van der Waals surface area contributed by atoms with Gasteiger partial charge in [0.15, 0.2) is 0 Å². The molecule has 54 valence electrons. The maximum Gasteiger partial charge on any atom is 0.426 e. The van der Waals surface area contributed by atoms with Crippen LogP contribution < -0.4 is 0 Å². The molecule has 0 saturated heterocycles. The first-order valence-electron chi connectivity index (χ1n) is 2.02. The lowest BCUT2D eigenvalue weighted by Crippen LogP contribution is -2.07. The van der Waals surface area contributed by atoms with Crippen molar-refractivity contribution in [3.05, 3.63) is 11.1 Å². The summed E-state index contributed by atoms with van der Waals surface area (Å²) in [6.45, 7) is -0.696. The van der Waals surface area contributed by atoms with E-state index >= 15 is 0 Å². The van der Waals surface area contributed by atoms with Crippen LogP contribution in [0.2, 0.25) is 0 Å². The normalized spacial score (nSPS) is 14.1. The summed E-state index contributed by atoms with van der Waals surface area (Å²) in [6, 6.07) is 0. The molecule has 5 heteroatoms. The summed E-state index contributed by atoms with van der Waals surface area (Å²) in [5, 5.41) is 6.65. The Hall–Kier alpha value is -0.220. The maximum atomic E-state index is 11.3. The number of alkyl halides is 3. The van der Waals surface area contributed by atoms with Gasteiger partial charge >= 0.3 is 6.18 Å². The summed E-state index contributed by atoms with van der Waals surface area (Å²) in [7, 11) is 0. The molecule has 9 heavy (non-hydrogen) atoms. The molecular weight excluding hydrogens is 156 g/mol. The van der Waals surface area contributed by atoms with E-state index in [-0.39, 0.29) is 0 Å². The van der Waals surface area contributed by atoms with Gasteiger partial charge in [0.2, 0.25) is 0 Å². The Labute approximate surface area is 54.7 Å². The maximum absolute atomic E-state index is 11.3. The SMILES string of the molecule is OCC=C(Cl)C(F)(F)F. The van der Waals surface area contributed by atoms with Gasteiger partial charge in [0, 0.05) is 0 Å². The molecule has 0 radical (unpaired) electrons.